The van der Waals surface area contributed by atoms with Gasteiger partial charge in [0.1, 0.15) is 0 Å². The standard InChI is InChI=1S/C11H11N2.CH2.Tl/c1-9-11(13-8-12-9)7-10-5-3-2-4-6-10;;/h2-6,8H,7H2,1H3;1H2;/q-1;;+1. The molecule has 2 aromatic rings. The van der Waals surface area contributed by atoms with E-state index in [1.807, 2.05) is 12.4 Å². The molecule has 1 heterocycles. The quantitative estimate of drug-likeness (QED) is 0.731. The number of rotatable bonds is 3. The zero-order chi connectivity index (χ0) is 10.7. The first-order chi connectivity index (χ1) is 7.31. The van der Waals surface area contributed by atoms with Gasteiger partial charge < -0.3 is 0 Å². The molecule has 74 valence electrons. The molecule has 0 saturated carbocycles. The summed E-state index contributed by atoms with van der Waals surface area (Å²) in [7, 11) is 0. The molecule has 0 fully saturated rings. The van der Waals surface area contributed by atoms with Crippen LogP contribution in [-0.2, 0) is 6.42 Å². The Hall–Kier alpha value is -0.778. The Morgan fingerprint density at radius 3 is 2.67 bits per heavy atom. The summed E-state index contributed by atoms with van der Waals surface area (Å²) in [6.45, 7) is 2.15. The fourth-order valence-electron chi connectivity index (χ4n) is 1.61. The van der Waals surface area contributed by atoms with E-state index in [0.717, 1.165) is 6.42 Å². The van der Waals surface area contributed by atoms with Crippen LogP contribution in [0, 0.1) is 6.92 Å². The van der Waals surface area contributed by atoms with Crippen LogP contribution < -0.4 is 0 Å². The third kappa shape index (κ3) is 2.42. The molecule has 2 nitrogen and oxygen atoms in total. The van der Waals surface area contributed by atoms with E-state index in [0.29, 0.717) is 0 Å². The summed E-state index contributed by atoms with van der Waals surface area (Å²) < 4.78 is 6.34. The van der Waals surface area contributed by atoms with Crippen molar-refractivity contribution in [1.82, 2.24) is 7.36 Å². The van der Waals surface area contributed by atoms with Crippen LogP contribution in [-0.4, -0.2) is 35.5 Å². The minimum absolute atomic E-state index is 0.936. The summed E-state index contributed by atoms with van der Waals surface area (Å²) in [5.74, 6) is 0. The predicted octanol–water partition coefficient (Wildman–Crippen LogP) is 1.68. The van der Waals surface area contributed by atoms with E-state index < -0.39 is 24.0 Å². The van der Waals surface area contributed by atoms with Crippen LogP contribution in [0.15, 0.2) is 36.7 Å². The molecule has 0 amide bonds. The van der Waals surface area contributed by atoms with Gasteiger partial charge in [0.2, 0.25) is 0 Å². The molecule has 1 aromatic heterocycles. The third-order valence-electron chi connectivity index (χ3n) is 2.55. The number of hydrogen-bond donors (Lipinski definition) is 0. The summed E-state index contributed by atoms with van der Waals surface area (Å²) in [6.07, 6.45) is 2.89. The molecule has 0 aliphatic carbocycles. The summed E-state index contributed by atoms with van der Waals surface area (Å²) in [5, 5.41) is 0. The van der Waals surface area contributed by atoms with Crippen molar-refractivity contribution >= 4 is 28.1 Å². The van der Waals surface area contributed by atoms with Crippen molar-refractivity contribution in [3.05, 3.63) is 53.6 Å². The molecule has 0 aliphatic rings. The summed E-state index contributed by atoms with van der Waals surface area (Å²) >= 11 is -0.975. The van der Waals surface area contributed by atoms with Gasteiger partial charge in [-0.05, 0) is 0 Å². The minimum atomic E-state index is -0.975. The van der Waals surface area contributed by atoms with Gasteiger partial charge in [0.15, 0.2) is 0 Å². The second-order valence-electron chi connectivity index (χ2n) is 3.53. The SMILES string of the molecule is [CH2]=[Tl][n]1cnc(Cc2ccccc2)c1C. The van der Waals surface area contributed by atoms with Gasteiger partial charge in [0, 0.05) is 0 Å². The Bertz CT molecular complexity index is 460. The van der Waals surface area contributed by atoms with E-state index in [9.17, 15) is 0 Å². The predicted molar refractivity (Wildman–Crippen MR) is 64.5 cm³/mol. The first-order valence-electron chi connectivity index (χ1n) is 5.00. The number of aromatic nitrogens is 2. The zero-order valence-electron chi connectivity index (χ0n) is 8.85. The molecular formula is C12H13N2Tl. The summed E-state index contributed by atoms with van der Waals surface area (Å²) in [6, 6.07) is 10.5. The van der Waals surface area contributed by atoms with Gasteiger partial charge in [-0.3, -0.25) is 0 Å². The van der Waals surface area contributed by atoms with E-state index in [-0.39, 0.29) is 0 Å². The van der Waals surface area contributed by atoms with E-state index in [4.69, 9.17) is 0 Å². The van der Waals surface area contributed by atoms with Crippen molar-refractivity contribution in [3.8, 4) is 0 Å². The van der Waals surface area contributed by atoms with Gasteiger partial charge in [-0.1, -0.05) is 0 Å². The van der Waals surface area contributed by atoms with Crippen LogP contribution in [0.4, 0.5) is 0 Å². The van der Waals surface area contributed by atoms with E-state index >= 15 is 0 Å². The van der Waals surface area contributed by atoms with E-state index in [2.05, 4.69) is 42.6 Å². The molecule has 0 spiro atoms. The fraction of sp³-hybridized carbons (Fsp3) is 0.167. The summed E-state index contributed by atoms with van der Waals surface area (Å²) in [4.78, 5) is 4.46. The maximum atomic E-state index is 4.46. The van der Waals surface area contributed by atoms with Crippen LogP contribution in [0.2, 0.25) is 0 Å². The van der Waals surface area contributed by atoms with Crippen molar-refractivity contribution < 1.29 is 0 Å². The Morgan fingerprint density at radius 2 is 2.07 bits per heavy atom. The Morgan fingerprint density at radius 1 is 1.33 bits per heavy atom. The van der Waals surface area contributed by atoms with Crippen LogP contribution in [0.25, 0.3) is 0 Å². The Balaban J connectivity index is 2.25. The second kappa shape index (κ2) is 4.83. The van der Waals surface area contributed by atoms with Crippen molar-refractivity contribution in [2.45, 2.75) is 13.3 Å². The molecule has 0 N–H and O–H groups in total. The first kappa shape index (κ1) is 10.7. The molecule has 0 saturated heterocycles. The monoisotopic (exact) mass is 390 g/mol. The number of imidazole rings is 1. The average molecular weight is 390 g/mol. The molecule has 3 heteroatoms. The summed E-state index contributed by atoms with van der Waals surface area (Å²) in [5.41, 5.74) is 3.83. The molecule has 0 aliphatic heterocycles. The molecule has 0 unspecified atom stereocenters. The van der Waals surface area contributed by atoms with E-state index in [1.165, 1.54) is 17.0 Å². The van der Waals surface area contributed by atoms with Crippen LogP contribution in [0.5, 0.6) is 0 Å². The zero-order valence-corrected chi connectivity index (χ0v) is 13.3. The number of nitrogens with zero attached hydrogens (tertiary/aromatic N) is 2. The molecule has 0 radical (unpaired) electrons. The van der Waals surface area contributed by atoms with Gasteiger partial charge in [-0.2, -0.15) is 0 Å². The normalized spacial score (nSPS) is 9.93. The second-order valence-corrected chi connectivity index (χ2v) is 7.11. The van der Waals surface area contributed by atoms with Crippen molar-refractivity contribution in [3.63, 3.8) is 0 Å². The molecule has 1 aromatic carbocycles. The van der Waals surface area contributed by atoms with Crippen LogP contribution in [0.1, 0.15) is 17.0 Å². The van der Waals surface area contributed by atoms with Crippen molar-refractivity contribution in [2.24, 2.45) is 0 Å². The van der Waals surface area contributed by atoms with Gasteiger partial charge in [-0.15, -0.1) is 0 Å². The Labute approximate surface area is 102 Å². The van der Waals surface area contributed by atoms with Crippen molar-refractivity contribution in [1.29, 1.82) is 0 Å². The van der Waals surface area contributed by atoms with Gasteiger partial charge in [0.25, 0.3) is 0 Å². The fourth-order valence-corrected chi connectivity index (χ4v) is 3.88. The van der Waals surface area contributed by atoms with Gasteiger partial charge in [0.05, 0.1) is 0 Å². The van der Waals surface area contributed by atoms with Crippen LogP contribution >= 0.6 is 0 Å². The van der Waals surface area contributed by atoms with E-state index in [1.54, 1.807) is 0 Å². The number of benzene rings is 1. The first-order valence-corrected chi connectivity index (χ1v) is 10.2. The molecule has 2 rings (SSSR count). The number of hydrogen-bond acceptors (Lipinski definition) is 1. The van der Waals surface area contributed by atoms with Gasteiger partial charge >= 0.3 is 102 Å². The van der Waals surface area contributed by atoms with Gasteiger partial charge in [-0.25, -0.2) is 0 Å². The molecule has 15 heavy (non-hydrogen) atoms. The Kier molecular flexibility index (Phi) is 3.46. The van der Waals surface area contributed by atoms with Crippen LogP contribution in [0.3, 0.4) is 0 Å². The van der Waals surface area contributed by atoms with Crippen molar-refractivity contribution in [2.75, 3.05) is 0 Å². The third-order valence-corrected chi connectivity index (χ3v) is 6.11. The molecular weight excluding hydrogens is 377 g/mol. The maximum absolute atomic E-state index is 4.46. The molecule has 0 bridgehead atoms. The topological polar surface area (TPSA) is 17.8 Å². The molecule has 0 atom stereocenters. The average Bonchev–Trinajstić information content (AvgIpc) is 2.62.